The van der Waals surface area contributed by atoms with Crippen molar-refractivity contribution in [2.45, 2.75) is 31.7 Å². The quantitative estimate of drug-likeness (QED) is 0.393. The van der Waals surface area contributed by atoms with Gasteiger partial charge < -0.3 is 9.80 Å². The van der Waals surface area contributed by atoms with Crippen LogP contribution in [0.5, 0.6) is 0 Å². The van der Waals surface area contributed by atoms with E-state index in [-0.39, 0.29) is 30.8 Å². The lowest BCUT2D eigenvalue weighted by atomic mass is 9.92. The summed E-state index contributed by atoms with van der Waals surface area (Å²) in [5, 5.41) is 22.2. The number of carbonyl (C=O) groups excluding carboxylic acids is 2. The number of nitriles is 2. The molecule has 0 spiro atoms. The first-order chi connectivity index (χ1) is 18.1. The highest BCUT2D eigenvalue weighted by atomic mass is 16.2. The zero-order valence-electron chi connectivity index (χ0n) is 21.0. The number of hydrogen-bond acceptors (Lipinski definition) is 5. The van der Waals surface area contributed by atoms with Crippen molar-refractivity contribution in [3.05, 3.63) is 60.2 Å². The summed E-state index contributed by atoms with van der Waals surface area (Å²) >= 11 is 0. The molecule has 0 N–H and O–H groups in total. The summed E-state index contributed by atoms with van der Waals surface area (Å²) in [5.41, 5.74) is 0.783. The molecule has 5 rings (SSSR count). The van der Waals surface area contributed by atoms with Crippen molar-refractivity contribution in [3.8, 4) is 12.1 Å². The van der Waals surface area contributed by atoms with Crippen LogP contribution in [0, 0.1) is 28.6 Å². The van der Waals surface area contributed by atoms with E-state index in [4.69, 9.17) is 10.5 Å². The van der Waals surface area contributed by atoms with Crippen LogP contribution < -0.4 is 0 Å². The molecular formula is C30H31N5O2. The van der Waals surface area contributed by atoms with Gasteiger partial charge >= 0.3 is 0 Å². The molecule has 1 atom stereocenters. The first-order valence-corrected chi connectivity index (χ1v) is 13.1. The molecule has 37 heavy (non-hydrogen) atoms. The van der Waals surface area contributed by atoms with Crippen LogP contribution in [0.2, 0.25) is 0 Å². The molecule has 2 amide bonds. The number of benzene rings is 3. The van der Waals surface area contributed by atoms with Gasteiger partial charge in [0, 0.05) is 25.7 Å². The van der Waals surface area contributed by atoms with E-state index in [2.05, 4.69) is 23.1 Å². The van der Waals surface area contributed by atoms with Crippen molar-refractivity contribution in [2.24, 2.45) is 5.92 Å². The number of carbonyl (C=O) groups is 2. The van der Waals surface area contributed by atoms with Crippen molar-refractivity contribution in [1.82, 2.24) is 14.7 Å². The smallest absolute Gasteiger partial charge is 0.255 e. The third-order valence-electron chi connectivity index (χ3n) is 7.89. The number of nitrogens with zero attached hydrogens (tertiary/aromatic N) is 5. The van der Waals surface area contributed by atoms with Crippen molar-refractivity contribution in [1.29, 1.82) is 10.5 Å². The first-order valence-electron chi connectivity index (χ1n) is 13.1. The fourth-order valence-electron chi connectivity index (χ4n) is 6.02. The molecule has 0 saturated carbocycles. The predicted molar refractivity (Wildman–Crippen MR) is 142 cm³/mol. The Kier molecular flexibility index (Phi) is 7.35. The molecular weight excluding hydrogens is 462 g/mol. The largest absolute Gasteiger partial charge is 0.338 e. The summed E-state index contributed by atoms with van der Waals surface area (Å²) in [6, 6.07) is 22.7. The van der Waals surface area contributed by atoms with Gasteiger partial charge in [0.2, 0.25) is 5.91 Å². The highest BCUT2D eigenvalue weighted by Gasteiger charge is 2.34. The zero-order valence-corrected chi connectivity index (χ0v) is 21.0. The van der Waals surface area contributed by atoms with Crippen molar-refractivity contribution in [3.63, 3.8) is 0 Å². The summed E-state index contributed by atoms with van der Waals surface area (Å²) < 4.78 is 0. The summed E-state index contributed by atoms with van der Waals surface area (Å²) in [7, 11) is 0. The Morgan fingerprint density at radius 3 is 2.05 bits per heavy atom. The Morgan fingerprint density at radius 2 is 1.46 bits per heavy atom. The topological polar surface area (TPSA) is 91.4 Å². The second-order valence-electron chi connectivity index (χ2n) is 10.1. The summed E-state index contributed by atoms with van der Waals surface area (Å²) in [4.78, 5) is 32.6. The number of piperidine rings is 2. The molecule has 2 saturated heterocycles. The second-order valence-corrected chi connectivity index (χ2v) is 10.1. The van der Waals surface area contributed by atoms with Crippen LogP contribution in [0.15, 0.2) is 54.6 Å². The Balaban J connectivity index is 1.28. The molecule has 3 aromatic rings. The molecule has 2 aliphatic heterocycles. The van der Waals surface area contributed by atoms with Gasteiger partial charge in [0.1, 0.15) is 13.1 Å². The van der Waals surface area contributed by atoms with Gasteiger partial charge in [-0.25, -0.2) is 0 Å². The number of amides is 2. The molecule has 2 fully saturated rings. The fourth-order valence-corrected chi connectivity index (χ4v) is 6.02. The van der Waals surface area contributed by atoms with Gasteiger partial charge in [-0.2, -0.15) is 10.5 Å². The van der Waals surface area contributed by atoms with Crippen molar-refractivity contribution >= 4 is 33.4 Å². The molecule has 0 aliphatic carbocycles. The lowest BCUT2D eigenvalue weighted by Gasteiger charge is -2.42. The van der Waals surface area contributed by atoms with Crippen LogP contribution in [-0.2, 0) is 4.79 Å². The molecule has 0 unspecified atom stereocenters. The normalized spacial score (nSPS) is 18.9. The van der Waals surface area contributed by atoms with Gasteiger partial charge in [-0.15, -0.1) is 0 Å². The maximum absolute atomic E-state index is 13.9. The third kappa shape index (κ3) is 5.01. The van der Waals surface area contributed by atoms with Crippen LogP contribution >= 0.6 is 0 Å². The molecule has 2 aliphatic rings. The lowest BCUT2D eigenvalue weighted by molar-refractivity contribution is -0.136. The number of hydrogen-bond donors (Lipinski definition) is 0. The SMILES string of the molecule is N#CCN(CC#N)C(=O)[C@@H]1CCCN(C2CCN(C(=O)c3c4ccccc4cc4ccccc34)CC2)C1. The van der Waals surface area contributed by atoms with E-state index in [9.17, 15) is 9.59 Å². The molecule has 2 heterocycles. The highest BCUT2D eigenvalue weighted by Crippen LogP contribution is 2.31. The number of likely N-dealkylation sites (tertiary alicyclic amines) is 2. The first kappa shape index (κ1) is 24.7. The standard InChI is InChI=1S/C30H31N5O2/c31-13-18-34(19-14-32)29(36)24-8-5-15-35(21-24)25-11-16-33(17-12-25)30(37)28-26-9-3-1-6-22(26)20-23-7-2-4-10-27(23)28/h1-4,6-7,9-10,20,24-25H,5,8,11-12,15-19,21H2/t24-/m1/s1. The van der Waals surface area contributed by atoms with Crippen LogP contribution in [0.4, 0.5) is 0 Å². The molecule has 7 nitrogen and oxygen atoms in total. The van der Waals surface area contributed by atoms with Crippen LogP contribution in [0.3, 0.4) is 0 Å². The van der Waals surface area contributed by atoms with Crippen molar-refractivity contribution in [2.75, 3.05) is 39.3 Å². The van der Waals surface area contributed by atoms with E-state index in [1.165, 1.54) is 4.90 Å². The maximum atomic E-state index is 13.9. The Bertz CT molecular complexity index is 1330. The number of fused-ring (bicyclic) bond motifs is 2. The van der Waals surface area contributed by atoms with Gasteiger partial charge in [0.15, 0.2) is 0 Å². The minimum atomic E-state index is -0.183. The van der Waals surface area contributed by atoms with E-state index >= 15 is 0 Å². The Morgan fingerprint density at radius 1 is 0.865 bits per heavy atom. The molecule has 0 aromatic heterocycles. The lowest BCUT2D eigenvalue weighted by Crippen LogP contribution is -2.52. The van der Waals surface area contributed by atoms with Gasteiger partial charge in [0.05, 0.1) is 23.6 Å². The van der Waals surface area contributed by atoms with Crippen LogP contribution in [0.25, 0.3) is 21.5 Å². The number of rotatable bonds is 5. The molecule has 3 aromatic carbocycles. The van der Waals surface area contributed by atoms with E-state index in [1.54, 1.807) is 0 Å². The minimum Gasteiger partial charge on any atom is -0.338 e. The maximum Gasteiger partial charge on any atom is 0.255 e. The second kappa shape index (κ2) is 11.0. The molecule has 188 valence electrons. The Hall–Kier alpha value is -3.94. The van der Waals surface area contributed by atoms with E-state index in [0.29, 0.717) is 25.7 Å². The van der Waals surface area contributed by atoms with E-state index in [0.717, 1.165) is 59.3 Å². The van der Waals surface area contributed by atoms with Gasteiger partial charge in [-0.3, -0.25) is 14.5 Å². The van der Waals surface area contributed by atoms with Crippen molar-refractivity contribution < 1.29 is 9.59 Å². The third-order valence-corrected chi connectivity index (χ3v) is 7.89. The highest BCUT2D eigenvalue weighted by molar-refractivity contribution is 6.18. The van der Waals surface area contributed by atoms with Gasteiger partial charge in [-0.1, -0.05) is 48.5 Å². The minimum absolute atomic E-state index is 0.0494. The van der Waals surface area contributed by atoms with Crippen LogP contribution in [0.1, 0.15) is 36.0 Å². The monoisotopic (exact) mass is 493 g/mol. The summed E-state index contributed by atoms with van der Waals surface area (Å²) in [6.07, 6.45) is 3.45. The fraction of sp³-hybridized carbons (Fsp3) is 0.400. The average Bonchev–Trinajstić information content (AvgIpc) is 2.95. The van der Waals surface area contributed by atoms with Crippen LogP contribution in [-0.4, -0.2) is 71.8 Å². The molecule has 0 bridgehead atoms. The van der Waals surface area contributed by atoms with E-state index < -0.39 is 0 Å². The Labute approximate surface area is 217 Å². The average molecular weight is 494 g/mol. The van der Waals surface area contributed by atoms with Gasteiger partial charge in [-0.05, 0) is 59.8 Å². The molecule has 7 heteroatoms. The van der Waals surface area contributed by atoms with E-state index in [1.807, 2.05) is 53.4 Å². The predicted octanol–water partition coefficient (Wildman–Crippen LogP) is 4.19. The summed E-state index contributed by atoms with van der Waals surface area (Å²) in [6.45, 7) is 2.86. The zero-order chi connectivity index (χ0) is 25.8. The van der Waals surface area contributed by atoms with Gasteiger partial charge in [0.25, 0.3) is 5.91 Å². The summed E-state index contributed by atoms with van der Waals surface area (Å²) in [5.74, 6) is -0.192. The molecule has 0 radical (unpaired) electrons.